The van der Waals surface area contributed by atoms with Gasteiger partial charge in [0.05, 0.1) is 19.3 Å². The first-order chi connectivity index (χ1) is 8.92. The third-order valence-electron chi connectivity index (χ3n) is 4.05. The van der Waals surface area contributed by atoms with Crippen LogP contribution in [0, 0.1) is 0 Å². The Bertz CT molecular complexity index is 224. The molecule has 1 aliphatic heterocycles. The average molecular weight is 256 g/mol. The summed E-state index contributed by atoms with van der Waals surface area (Å²) in [6.07, 6.45) is 5.82. The number of rotatable bonds is 7. The van der Waals surface area contributed by atoms with Crippen LogP contribution in [0.3, 0.4) is 0 Å². The molecule has 2 fully saturated rings. The first-order valence-corrected chi connectivity index (χ1v) is 7.56. The third kappa shape index (κ3) is 4.19. The monoisotopic (exact) mass is 256 g/mol. The van der Waals surface area contributed by atoms with E-state index in [9.17, 15) is 0 Å². The highest BCUT2D eigenvalue weighted by Gasteiger charge is 2.33. The Morgan fingerprint density at radius 1 is 1.28 bits per heavy atom. The maximum absolute atomic E-state index is 5.89. The summed E-state index contributed by atoms with van der Waals surface area (Å²) in [5, 5.41) is 3.46. The highest BCUT2D eigenvalue weighted by atomic mass is 16.5. The second kappa shape index (κ2) is 8.10. The van der Waals surface area contributed by atoms with Crippen molar-refractivity contribution >= 4 is 0 Å². The molecule has 0 bridgehead atoms. The van der Waals surface area contributed by atoms with Crippen molar-refractivity contribution in [3.05, 3.63) is 0 Å². The number of fused-ring (bicyclic) bond motifs is 1. The van der Waals surface area contributed by atoms with E-state index in [-0.39, 0.29) is 0 Å². The van der Waals surface area contributed by atoms with Crippen molar-refractivity contribution in [2.75, 3.05) is 46.0 Å². The van der Waals surface area contributed by atoms with E-state index in [4.69, 9.17) is 9.47 Å². The largest absolute Gasteiger partial charge is 0.380 e. The zero-order valence-electron chi connectivity index (χ0n) is 11.7. The molecule has 1 N–H and O–H groups in total. The number of hydrogen-bond donors (Lipinski definition) is 1. The van der Waals surface area contributed by atoms with Gasteiger partial charge >= 0.3 is 0 Å². The standard InChI is InChI=1S/C14H28N2O2/c1-2-17-11-8-15-7-9-16-10-12-18-14-6-4-3-5-13(14)16/h13-15H,2-12H2,1H3. The summed E-state index contributed by atoms with van der Waals surface area (Å²) in [6, 6.07) is 0.682. The molecule has 0 aromatic rings. The van der Waals surface area contributed by atoms with E-state index in [1.165, 1.54) is 25.7 Å². The van der Waals surface area contributed by atoms with Gasteiger partial charge in [0, 0.05) is 38.8 Å². The first-order valence-electron chi connectivity index (χ1n) is 7.56. The van der Waals surface area contributed by atoms with Gasteiger partial charge in [-0.05, 0) is 19.8 Å². The molecule has 4 heteroatoms. The summed E-state index contributed by atoms with van der Waals surface area (Å²) in [4.78, 5) is 2.63. The maximum atomic E-state index is 5.89. The zero-order chi connectivity index (χ0) is 12.6. The Hall–Kier alpha value is -0.160. The van der Waals surface area contributed by atoms with Gasteiger partial charge in [0.1, 0.15) is 0 Å². The quantitative estimate of drug-likeness (QED) is 0.695. The number of nitrogens with one attached hydrogen (secondary N) is 1. The number of ether oxygens (including phenoxy) is 2. The fraction of sp³-hybridized carbons (Fsp3) is 1.00. The molecule has 2 rings (SSSR count). The van der Waals surface area contributed by atoms with Gasteiger partial charge in [-0.15, -0.1) is 0 Å². The Morgan fingerprint density at radius 2 is 2.17 bits per heavy atom. The SMILES string of the molecule is CCOCCNCCN1CCOC2CCCCC21. The van der Waals surface area contributed by atoms with Crippen LogP contribution in [0.4, 0.5) is 0 Å². The topological polar surface area (TPSA) is 33.7 Å². The van der Waals surface area contributed by atoms with Gasteiger partial charge in [-0.2, -0.15) is 0 Å². The van der Waals surface area contributed by atoms with Crippen LogP contribution in [0.5, 0.6) is 0 Å². The lowest BCUT2D eigenvalue weighted by molar-refractivity contribution is -0.0874. The first kappa shape index (κ1) is 14.3. The van der Waals surface area contributed by atoms with Crippen LogP contribution in [0.15, 0.2) is 0 Å². The molecule has 0 amide bonds. The molecule has 106 valence electrons. The lowest BCUT2D eigenvalue weighted by Crippen LogP contribution is -2.54. The Kier molecular flexibility index (Phi) is 6.41. The van der Waals surface area contributed by atoms with E-state index in [2.05, 4.69) is 10.2 Å². The van der Waals surface area contributed by atoms with Crippen molar-refractivity contribution < 1.29 is 9.47 Å². The summed E-state index contributed by atoms with van der Waals surface area (Å²) < 4.78 is 11.2. The van der Waals surface area contributed by atoms with E-state index in [0.717, 1.165) is 46.0 Å². The molecule has 0 radical (unpaired) electrons. The fourth-order valence-corrected chi connectivity index (χ4v) is 3.09. The summed E-state index contributed by atoms with van der Waals surface area (Å²) in [6.45, 7) is 8.88. The second-order valence-corrected chi connectivity index (χ2v) is 5.24. The molecule has 2 atom stereocenters. The minimum Gasteiger partial charge on any atom is -0.380 e. The van der Waals surface area contributed by atoms with E-state index >= 15 is 0 Å². The minimum atomic E-state index is 0.510. The van der Waals surface area contributed by atoms with Gasteiger partial charge < -0.3 is 14.8 Å². The second-order valence-electron chi connectivity index (χ2n) is 5.24. The Labute approximate surface area is 111 Å². The molecule has 2 aliphatic rings. The van der Waals surface area contributed by atoms with Crippen molar-refractivity contribution in [2.45, 2.75) is 44.8 Å². The molecule has 1 saturated heterocycles. The number of morpholine rings is 1. The molecule has 0 spiro atoms. The van der Waals surface area contributed by atoms with Gasteiger partial charge in [-0.25, -0.2) is 0 Å². The molecule has 0 aromatic carbocycles. The molecule has 1 aliphatic carbocycles. The van der Waals surface area contributed by atoms with Gasteiger partial charge in [-0.1, -0.05) is 12.8 Å². The number of nitrogens with zero attached hydrogens (tertiary/aromatic N) is 1. The van der Waals surface area contributed by atoms with Crippen molar-refractivity contribution in [2.24, 2.45) is 0 Å². The smallest absolute Gasteiger partial charge is 0.0730 e. The van der Waals surface area contributed by atoms with E-state index in [1.807, 2.05) is 6.92 Å². The van der Waals surface area contributed by atoms with E-state index < -0.39 is 0 Å². The molecule has 18 heavy (non-hydrogen) atoms. The lowest BCUT2D eigenvalue weighted by atomic mass is 9.90. The summed E-state index contributed by atoms with van der Waals surface area (Å²) in [5.41, 5.74) is 0. The Balaban J connectivity index is 1.62. The number of hydrogen-bond acceptors (Lipinski definition) is 4. The predicted octanol–water partition coefficient (Wildman–Crippen LogP) is 1.26. The van der Waals surface area contributed by atoms with E-state index in [1.54, 1.807) is 0 Å². The van der Waals surface area contributed by atoms with Crippen LogP contribution in [0.2, 0.25) is 0 Å². The van der Waals surface area contributed by atoms with Gasteiger partial charge in [0.15, 0.2) is 0 Å². The molecule has 4 nitrogen and oxygen atoms in total. The van der Waals surface area contributed by atoms with Crippen LogP contribution in [-0.4, -0.2) is 63.0 Å². The third-order valence-corrected chi connectivity index (χ3v) is 4.05. The highest BCUT2D eigenvalue weighted by molar-refractivity contribution is 4.87. The molecule has 1 heterocycles. The average Bonchev–Trinajstić information content (AvgIpc) is 2.43. The van der Waals surface area contributed by atoms with Gasteiger partial charge in [-0.3, -0.25) is 4.90 Å². The molecular formula is C14H28N2O2. The minimum absolute atomic E-state index is 0.510. The molecular weight excluding hydrogens is 228 g/mol. The van der Waals surface area contributed by atoms with Crippen LogP contribution in [-0.2, 0) is 9.47 Å². The van der Waals surface area contributed by atoms with Crippen LogP contribution in [0.1, 0.15) is 32.6 Å². The van der Waals surface area contributed by atoms with Crippen molar-refractivity contribution in [3.63, 3.8) is 0 Å². The van der Waals surface area contributed by atoms with Gasteiger partial charge in [0.2, 0.25) is 0 Å². The predicted molar refractivity (Wildman–Crippen MR) is 72.9 cm³/mol. The molecule has 1 saturated carbocycles. The van der Waals surface area contributed by atoms with Crippen molar-refractivity contribution in [1.82, 2.24) is 10.2 Å². The van der Waals surface area contributed by atoms with Crippen LogP contribution >= 0.6 is 0 Å². The summed E-state index contributed by atoms with van der Waals surface area (Å²) >= 11 is 0. The molecule has 2 unspecified atom stereocenters. The van der Waals surface area contributed by atoms with Crippen LogP contribution in [0.25, 0.3) is 0 Å². The summed E-state index contributed by atoms with van der Waals surface area (Å²) in [7, 11) is 0. The lowest BCUT2D eigenvalue weighted by Gasteiger charge is -2.43. The fourth-order valence-electron chi connectivity index (χ4n) is 3.09. The van der Waals surface area contributed by atoms with Crippen molar-refractivity contribution in [3.8, 4) is 0 Å². The normalized spacial score (nSPS) is 29.2. The maximum Gasteiger partial charge on any atom is 0.0730 e. The Morgan fingerprint density at radius 3 is 3.06 bits per heavy atom. The summed E-state index contributed by atoms with van der Waals surface area (Å²) in [5.74, 6) is 0. The molecule has 0 aromatic heterocycles. The highest BCUT2D eigenvalue weighted by Crippen LogP contribution is 2.27. The van der Waals surface area contributed by atoms with Crippen LogP contribution < -0.4 is 5.32 Å². The van der Waals surface area contributed by atoms with Crippen molar-refractivity contribution in [1.29, 1.82) is 0 Å². The zero-order valence-corrected chi connectivity index (χ0v) is 11.7. The van der Waals surface area contributed by atoms with E-state index in [0.29, 0.717) is 12.1 Å². The van der Waals surface area contributed by atoms with Gasteiger partial charge in [0.25, 0.3) is 0 Å².